The number of hydrogen-bond donors (Lipinski definition) is 2. The van der Waals surface area contributed by atoms with Gasteiger partial charge in [-0.25, -0.2) is 9.59 Å². The summed E-state index contributed by atoms with van der Waals surface area (Å²) in [5.74, 6) is -0.359. The van der Waals surface area contributed by atoms with Crippen LogP contribution in [0.4, 0.5) is 15.5 Å². The third-order valence-electron chi connectivity index (χ3n) is 4.92. The largest absolute Gasteiger partial charge is 0.462 e. The van der Waals surface area contributed by atoms with Crippen LogP contribution >= 0.6 is 11.3 Å². The molecule has 1 aromatic heterocycles. The van der Waals surface area contributed by atoms with Crippen LogP contribution in [0, 0.1) is 0 Å². The summed E-state index contributed by atoms with van der Waals surface area (Å²) in [6, 6.07) is 13.3. The van der Waals surface area contributed by atoms with Crippen LogP contribution in [-0.2, 0) is 17.6 Å². The number of thiophene rings is 1. The number of carbonyl (C=O) groups excluding carboxylic acids is 2. The van der Waals surface area contributed by atoms with E-state index in [4.69, 9.17) is 4.74 Å². The lowest BCUT2D eigenvalue weighted by molar-refractivity contribution is 0.0526. The minimum atomic E-state index is -0.361. The highest BCUT2D eigenvalue weighted by Gasteiger charge is 2.27. The lowest BCUT2D eigenvalue weighted by atomic mass is 9.95. The zero-order valence-electron chi connectivity index (χ0n) is 15.7. The van der Waals surface area contributed by atoms with Crippen molar-refractivity contribution >= 4 is 44.8 Å². The third-order valence-corrected chi connectivity index (χ3v) is 6.12. The third kappa shape index (κ3) is 3.60. The summed E-state index contributed by atoms with van der Waals surface area (Å²) < 4.78 is 5.25. The summed E-state index contributed by atoms with van der Waals surface area (Å²) in [6.07, 6.45) is 3.96. The number of hydrogen-bond acceptors (Lipinski definition) is 4. The highest BCUT2D eigenvalue weighted by Crippen LogP contribution is 2.38. The van der Waals surface area contributed by atoms with Crippen molar-refractivity contribution in [1.29, 1.82) is 0 Å². The zero-order valence-corrected chi connectivity index (χ0v) is 16.5. The molecule has 0 unspecified atom stereocenters. The van der Waals surface area contributed by atoms with Crippen LogP contribution < -0.4 is 10.6 Å². The summed E-state index contributed by atoms with van der Waals surface area (Å²) in [5.41, 5.74) is 2.29. The second-order valence-electron chi connectivity index (χ2n) is 6.74. The monoisotopic (exact) mass is 394 g/mol. The van der Waals surface area contributed by atoms with Gasteiger partial charge in [-0.3, -0.25) is 5.32 Å². The van der Waals surface area contributed by atoms with E-state index in [9.17, 15) is 9.59 Å². The highest BCUT2D eigenvalue weighted by molar-refractivity contribution is 7.17. The van der Waals surface area contributed by atoms with Gasteiger partial charge in [0.15, 0.2) is 0 Å². The second-order valence-corrected chi connectivity index (χ2v) is 7.85. The predicted molar refractivity (Wildman–Crippen MR) is 114 cm³/mol. The molecule has 3 aromatic rings. The van der Waals surface area contributed by atoms with Crippen molar-refractivity contribution in [3.63, 3.8) is 0 Å². The molecule has 0 fully saturated rings. The number of urea groups is 1. The first kappa shape index (κ1) is 18.5. The molecular formula is C22H22N2O3S. The Morgan fingerprint density at radius 3 is 2.68 bits per heavy atom. The molecule has 5 nitrogen and oxygen atoms in total. The van der Waals surface area contributed by atoms with Crippen molar-refractivity contribution in [2.75, 3.05) is 17.2 Å². The molecule has 0 radical (unpaired) electrons. The number of amides is 2. The van der Waals surface area contributed by atoms with Crippen LogP contribution in [0.1, 0.15) is 40.6 Å². The van der Waals surface area contributed by atoms with Crippen LogP contribution in [0.15, 0.2) is 42.5 Å². The van der Waals surface area contributed by atoms with E-state index < -0.39 is 0 Å². The zero-order chi connectivity index (χ0) is 19.5. The second kappa shape index (κ2) is 8.02. The first-order valence-corrected chi connectivity index (χ1v) is 10.4. The number of anilines is 2. The van der Waals surface area contributed by atoms with Crippen LogP contribution in [0.3, 0.4) is 0 Å². The van der Waals surface area contributed by atoms with E-state index in [2.05, 4.69) is 10.6 Å². The quantitative estimate of drug-likeness (QED) is 0.566. The number of rotatable bonds is 4. The van der Waals surface area contributed by atoms with Gasteiger partial charge in [0, 0.05) is 10.3 Å². The number of esters is 1. The van der Waals surface area contributed by atoms with E-state index in [1.54, 1.807) is 6.92 Å². The molecule has 0 aliphatic heterocycles. The Morgan fingerprint density at radius 2 is 1.82 bits per heavy atom. The van der Waals surface area contributed by atoms with E-state index in [-0.39, 0.29) is 12.0 Å². The minimum absolute atomic E-state index is 0.311. The number of nitrogens with one attached hydrogen (secondary N) is 2. The van der Waals surface area contributed by atoms with Gasteiger partial charge in [-0.05, 0) is 49.6 Å². The SMILES string of the molecule is CCOC(=O)c1c(NC(=O)Nc2cccc3ccccc23)sc2c1CCCC2. The molecule has 0 atom stereocenters. The first-order valence-electron chi connectivity index (χ1n) is 9.54. The van der Waals surface area contributed by atoms with Gasteiger partial charge in [0.2, 0.25) is 0 Å². The summed E-state index contributed by atoms with van der Waals surface area (Å²) >= 11 is 1.49. The molecule has 144 valence electrons. The molecule has 2 N–H and O–H groups in total. The highest BCUT2D eigenvalue weighted by atomic mass is 32.1. The molecule has 2 amide bonds. The predicted octanol–water partition coefficient (Wildman–Crippen LogP) is 5.60. The first-order chi connectivity index (χ1) is 13.7. The van der Waals surface area contributed by atoms with Crippen molar-refractivity contribution in [2.45, 2.75) is 32.6 Å². The Balaban J connectivity index is 1.60. The molecule has 1 aliphatic rings. The van der Waals surface area contributed by atoms with Crippen molar-refractivity contribution in [3.05, 3.63) is 58.5 Å². The minimum Gasteiger partial charge on any atom is -0.462 e. The molecule has 6 heteroatoms. The maximum Gasteiger partial charge on any atom is 0.341 e. The topological polar surface area (TPSA) is 67.4 Å². The fourth-order valence-corrected chi connectivity index (χ4v) is 4.94. The van der Waals surface area contributed by atoms with Crippen molar-refractivity contribution in [2.24, 2.45) is 0 Å². The van der Waals surface area contributed by atoms with Crippen LogP contribution in [0.25, 0.3) is 10.8 Å². The van der Waals surface area contributed by atoms with E-state index in [1.165, 1.54) is 16.2 Å². The van der Waals surface area contributed by atoms with Gasteiger partial charge in [-0.2, -0.15) is 0 Å². The number of carbonyl (C=O) groups is 2. The van der Waals surface area contributed by atoms with Crippen LogP contribution in [0.2, 0.25) is 0 Å². The van der Waals surface area contributed by atoms with Gasteiger partial charge in [0.25, 0.3) is 0 Å². The van der Waals surface area contributed by atoms with Crippen molar-refractivity contribution in [1.82, 2.24) is 0 Å². The van der Waals surface area contributed by atoms with E-state index in [0.29, 0.717) is 17.2 Å². The number of fused-ring (bicyclic) bond motifs is 2. The van der Waals surface area contributed by atoms with E-state index in [1.807, 2.05) is 42.5 Å². The average molecular weight is 394 g/mol. The molecule has 0 saturated heterocycles. The maximum absolute atomic E-state index is 12.7. The van der Waals surface area contributed by atoms with Gasteiger partial charge in [0.05, 0.1) is 17.9 Å². The Bertz CT molecular complexity index is 1040. The fourth-order valence-electron chi connectivity index (χ4n) is 3.66. The fraction of sp³-hybridized carbons (Fsp3) is 0.273. The number of aryl methyl sites for hydroxylation is 1. The Kier molecular flexibility index (Phi) is 5.30. The molecular weight excluding hydrogens is 372 g/mol. The number of ether oxygens (including phenoxy) is 1. The summed E-state index contributed by atoms with van der Waals surface area (Å²) in [7, 11) is 0. The molecule has 4 rings (SSSR count). The van der Waals surface area contributed by atoms with Gasteiger partial charge >= 0.3 is 12.0 Å². The van der Waals surface area contributed by atoms with Gasteiger partial charge < -0.3 is 10.1 Å². The standard InChI is InChI=1S/C22H22N2O3S/c1-2-27-21(25)19-16-11-5-6-13-18(16)28-20(19)24-22(26)23-17-12-7-9-14-8-3-4-10-15(14)17/h3-4,7-10,12H,2,5-6,11,13H2,1H3,(H2,23,24,26). The maximum atomic E-state index is 12.7. The van der Waals surface area contributed by atoms with Crippen molar-refractivity contribution < 1.29 is 14.3 Å². The molecule has 0 bridgehead atoms. The normalized spacial score (nSPS) is 13.0. The van der Waals surface area contributed by atoms with Gasteiger partial charge in [-0.1, -0.05) is 36.4 Å². The molecule has 1 heterocycles. The van der Waals surface area contributed by atoms with E-state index in [0.717, 1.165) is 47.7 Å². The smallest absolute Gasteiger partial charge is 0.341 e. The summed E-state index contributed by atoms with van der Waals surface area (Å²) in [6.45, 7) is 2.10. The van der Waals surface area contributed by atoms with Crippen molar-refractivity contribution in [3.8, 4) is 0 Å². The van der Waals surface area contributed by atoms with E-state index >= 15 is 0 Å². The molecule has 2 aromatic carbocycles. The molecule has 1 aliphatic carbocycles. The van der Waals surface area contributed by atoms with Gasteiger partial charge in [-0.15, -0.1) is 11.3 Å². The average Bonchev–Trinajstić information content (AvgIpc) is 3.06. The lowest BCUT2D eigenvalue weighted by Gasteiger charge is -2.13. The van der Waals surface area contributed by atoms with Crippen LogP contribution in [-0.4, -0.2) is 18.6 Å². The molecule has 0 spiro atoms. The summed E-state index contributed by atoms with van der Waals surface area (Å²) in [5, 5.41) is 8.40. The van der Waals surface area contributed by atoms with Gasteiger partial charge in [0.1, 0.15) is 5.00 Å². The summed E-state index contributed by atoms with van der Waals surface area (Å²) in [4.78, 5) is 26.4. The molecule has 28 heavy (non-hydrogen) atoms. The Labute approximate surface area is 167 Å². The number of benzene rings is 2. The Morgan fingerprint density at radius 1 is 1.04 bits per heavy atom. The lowest BCUT2D eigenvalue weighted by Crippen LogP contribution is -2.21. The molecule has 0 saturated carbocycles. The van der Waals surface area contributed by atoms with Crippen LogP contribution in [0.5, 0.6) is 0 Å². The Hall–Kier alpha value is -2.86.